The molecular weight excluding hydrogens is 280 g/mol. The maximum atomic E-state index is 12.9. The molecule has 2 aromatic heterocycles. The second-order valence-electron chi connectivity index (χ2n) is 5.47. The second-order valence-corrected chi connectivity index (χ2v) is 6.47. The van der Waals surface area contributed by atoms with Gasteiger partial charge in [0, 0.05) is 28.5 Å². The molecule has 106 valence electrons. The Morgan fingerprint density at radius 2 is 2.19 bits per heavy atom. The molecule has 0 radical (unpaired) electrons. The van der Waals surface area contributed by atoms with Gasteiger partial charge in [-0.3, -0.25) is 4.79 Å². The number of hydrogen-bond acceptors (Lipinski definition) is 2. The molecule has 3 aromatic rings. The molecule has 1 N–H and O–H groups in total. The van der Waals surface area contributed by atoms with Crippen LogP contribution in [-0.4, -0.2) is 22.3 Å². The largest absolute Gasteiger partial charge is 0.360 e. The van der Waals surface area contributed by atoms with Crippen molar-refractivity contribution in [1.29, 1.82) is 0 Å². The van der Waals surface area contributed by atoms with Crippen LogP contribution < -0.4 is 0 Å². The molecule has 0 bridgehead atoms. The predicted octanol–water partition coefficient (Wildman–Crippen LogP) is 3.99. The van der Waals surface area contributed by atoms with E-state index in [1.54, 1.807) is 11.3 Å². The molecule has 1 atom stereocenters. The van der Waals surface area contributed by atoms with Crippen LogP contribution in [0.15, 0.2) is 41.9 Å². The van der Waals surface area contributed by atoms with Gasteiger partial charge in [0.2, 0.25) is 0 Å². The van der Waals surface area contributed by atoms with Gasteiger partial charge in [-0.1, -0.05) is 18.2 Å². The van der Waals surface area contributed by atoms with Crippen molar-refractivity contribution in [3.63, 3.8) is 0 Å². The molecular formula is C17H16N2OS. The molecule has 0 saturated carbocycles. The van der Waals surface area contributed by atoms with Gasteiger partial charge in [-0.15, -0.1) is 11.3 Å². The van der Waals surface area contributed by atoms with E-state index < -0.39 is 0 Å². The van der Waals surface area contributed by atoms with Gasteiger partial charge in [-0.05, 0) is 36.4 Å². The minimum Gasteiger partial charge on any atom is -0.360 e. The minimum atomic E-state index is 0.122. The van der Waals surface area contributed by atoms with Gasteiger partial charge in [0.05, 0.1) is 11.6 Å². The lowest BCUT2D eigenvalue weighted by Gasteiger charge is -2.33. The molecule has 21 heavy (non-hydrogen) atoms. The number of aromatic amines is 1. The number of amides is 1. The average Bonchev–Trinajstić information content (AvgIpc) is 3.14. The Morgan fingerprint density at radius 3 is 3.10 bits per heavy atom. The summed E-state index contributed by atoms with van der Waals surface area (Å²) in [6, 6.07) is 10.3. The summed E-state index contributed by atoms with van der Waals surface area (Å²) in [6.07, 6.45) is 2.80. The number of nitrogens with one attached hydrogen (secondary N) is 1. The van der Waals surface area contributed by atoms with E-state index in [0.29, 0.717) is 0 Å². The molecule has 0 aliphatic carbocycles. The zero-order chi connectivity index (χ0) is 14.4. The van der Waals surface area contributed by atoms with Crippen molar-refractivity contribution in [2.24, 2.45) is 0 Å². The topological polar surface area (TPSA) is 36.1 Å². The van der Waals surface area contributed by atoms with Crippen LogP contribution in [0.3, 0.4) is 0 Å². The van der Waals surface area contributed by atoms with Crippen LogP contribution in [0.25, 0.3) is 10.9 Å². The summed E-state index contributed by atoms with van der Waals surface area (Å²) < 4.78 is 0. The fraction of sp³-hybridized carbons (Fsp3) is 0.235. The molecule has 4 rings (SSSR count). The molecule has 1 unspecified atom stereocenters. The van der Waals surface area contributed by atoms with Crippen LogP contribution in [0.1, 0.15) is 33.8 Å². The zero-order valence-electron chi connectivity index (χ0n) is 11.8. The SMILES string of the molecule is CC1c2ccsc2CCN1C(=O)c1c[nH]c2ccccc12. The van der Waals surface area contributed by atoms with Gasteiger partial charge >= 0.3 is 0 Å². The highest BCUT2D eigenvalue weighted by molar-refractivity contribution is 7.10. The lowest BCUT2D eigenvalue weighted by Crippen LogP contribution is -2.38. The summed E-state index contributed by atoms with van der Waals surface area (Å²) in [5.41, 5.74) is 3.09. The van der Waals surface area contributed by atoms with E-state index in [1.165, 1.54) is 10.4 Å². The highest BCUT2D eigenvalue weighted by Gasteiger charge is 2.29. The predicted molar refractivity (Wildman–Crippen MR) is 85.8 cm³/mol. The van der Waals surface area contributed by atoms with Gasteiger partial charge in [0.15, 0.2) is 0 Å². The molecule has 1 aliphatic rings. The Hall–Kier alpha value is -2.07. The number of benzene rings is 1. The van der Waals surface area contributed by atoms with E-state index in [1.807, 2.05) is 35.4 Å². The third kappa shape index (κ3) is 1.90. The number of fused-ring (bicyclic) bond motifs is 2. The van der Waals surface area contributed by atoms with Crippen molar-refractivity contribution in [2.45, 2.75) is 19.4 Å². The van der Waals surface area contributed by atoms with E-state index in [0.717, 1.165) is 29.4 Å². The van der Waals surface area contributed by atoms with Crippen LogP contribution in [0.4, 0.5) is 0 Å². The monoisotopic (exact) mass is 296 g/mol. The normalized spacial score (nSPS) is 18.0. The number of rotatable bonds is 1. The first-order chi connectivity index (χ1) is 10.3. The van der Waals surface area contributed by atoms with Crippen molar-refractivity contribution >= 4 is 28.1 Å². The summed E-state index contributed by atoms with van der Waals surface area (Å²) in [5, 5.41) is 3.13. The van der Waals surface area contributed by atoms with Crippen molar-refractivity contribution in [2.75, 3.05) is 6.54 Å². The van der Waals surface area contributed by atoms with Crippen LogP contribution in [0.5, 0.6) is 0 Å². The highest BCUT2D eigenvalue weighted by atomic mass is 32.1. The molecule has 1 amide bonds. The molecule has 0 spiro atoms. The van der Waals surface area contributed by atoms with Crippen LogP contribution in [-0.2, 0) is 6.42 Å². The minimum absolute atomic E-state index is 0.122. The van der Waals surface area contributed by atoms with Gasteiger partial charge in [-0.2, -0.15) is 0 Å². The molecule has 3 nitrogen and oxygen atoms in total. The number of hydrogen-bond donors (Lipinski definition) is 1. The smallest absolute Gasteiger partial charge is 0.256 e. The Morgan fingerprint density at radius 1 is 1.33 bits per heavy atom. The molecule has 1 aromatic carbocycles. The number of carbonyl (C=O) groups is 1. The third-order valence-electron chi connectivity index (χ3n) is 4.36. The Balaban J connectivity index is 1.72. The standard InChI is InChI=1S/C17H16N2OS/c1-11-12-7-9-21-16(12)6-8-19(11)17(20)14-10-18-15-5-3-2-4-13(14)15/h2-5,7,9-11,18H,6,8H2,1H3. The summed E-state index contributed by atoms with van der Waals surface area (Å²) in [6.45, 7) is 2.92. The molecule has 1 aliphatic heterocycles. The Bertz CT molecular complexity index is 817. The van der Waals surface area contributed by atoms with Crippen LogP contribution in [0.2, 0.25) is 0 Å². The summed E-state index contributed by atoms with van der Waals surface area (Å²) >= 11 is 1.80. The Kier molecular flexibility index (Phi) is 2.86. The first kappa shape index (κ1) is 12.7. The van der Waals surface area contributed by atoms with E-state index in [2.05, 4.69) is 23.4 Å². The summed E-state index contributed by atoms with van der Waals surface area (Å²) in [7, 11) is 0. The van der Waals surface area contributed by atoms with Crippen molar-refractivity contribution in [3.05, 3.63) is 57.9 Å². The summed E-state index contributed by atoms with van der Waals surface area (Å²) in [4.78, 5) is 19.5. The molecule has 3 heterocycles. The average molecular weight is 296 g/mol. The quantitative estimate of drug-likeness (QED) is 0.724. The fourth-order valence-corrected chi connectivity index (χ4v) is 4.15. The number of thiophene rings is 1. The molecule has 0 saturated heterocycles. The Labute approximate surface area is 127 Å². The van der Waals surface area contributed by atoms with Gasteiger partial charge in [-0.25, -0.2) is 0 Å². The van der Waals surface area contributed by atoms with Crippen LogP contribution in [0, 0.1) is 0 Å². The fourth-order valence-electron chi connectivity index (χ4n) is 3.19. The lowest BCUT2D eigenvalue weighted by molar-refractivity contribution is 0.0681. The third-order valence-corrected chi connectivity index (χ3v) is 5.35. The number of aromatic nitrogens is 1. The van der Waals surface area contributed by atoms with E-state index in [-0.39, 0.29) is 11.9 Å². The first-order valence-electron chi connectivity index (χ1n) is 7.19. The van der Waals surface area contributed by atoms with Gasteiger partial charge in [0.25, 0.3) is 5.91 Å². The van der Waals surface area contributed by atoms with Crippen molar-refractivity contribution in [3.8, 4) is 0 Å². The number of carbonyl (C=O) groups excluding carboxylic acids is 1. The van der Waals surface area contributed by atoms with E-state index in [4.69, 9.17) is 0 Å². The number of para-hydroxylation sites is 1. The van der Waals surface area contributed by atoms with E-state index in [9.17, 15) is 4.79 Å². The maximum Gasteiger partial charge on any atom is 0.256 e. The van der Waals surface area contributed by atoms with Crippen molar-refractivity contribution in [1.82, 2.24) is 9.88 Å². The molecule has 4 heteroatoms. The van der Waals surface area contributed by atoms with Crippen LogP contribution >= 0.6 is 11.3 Å². The van der Waals surface area contributed by atoms with Gasteiger partial charge < -0.3 is 9.88 Å². The van der Waals surface area contributed by atoms with Gasteiger partial charge in [0.1, 0.15) is 0 Å². The summed E-state index contributed by atoms with van der Waals surface area (Å²) in [5.74, 6) is 0.122. The first-order valence-corrected chi connectivity index (χ1v) is 8.07. The molecule has 0 fully saturated rings. The number of nitrogens with zero attached hydrogens (tertiary/aromatic N) is 1. The second kappa shape index (κ2) is 4.74. The zero-order valence-corrected chi connectivity index (χ0v) is 12.6. The van der Waals surface area contributed by atoms with E-state index >= 15 is 0 Å². The lowest BCUT2D eigenvalue weighted by atomic mass is 10.0. The van der Waals surface area contributed by atoms with Crippen molar-refractivity contribution < 1.29 is 4.79 Å². The number of H-pyrrole nitrogens is 1. The maximum absolute atomic E-state index is 12.9. The highest BCUT2D eigenvalue weighted by Crippen LogP contribution is 2.34.